The van der Waals surface area contributed by atoms with Crippen LogP contribution in [-0.4, -0.2) is 25.5 Å². The minimum atomic E-state index is -3.12. The molecule has 4 rings (SSSR count). The third-order valence-corrected chi connectivity index (χ3v) is 5.42. The third kappa shape index (κ3) is 4.98. The largest absolute Gasteiger partial charge is 0.454 e. The Labute approximate surface area is 195 Å². The highest BCUT2D eigenvalue weighted by Gasteiger charge is 2.28. The number of rotatable bonds is 8. The number of amides is 1. The molecule has 0 spiro atoms. The molecular formula is C22H18ClF4N5O2. The minimum absolute atomic E-state index is 0.0529. The standard InChI is InChI=1S/C22H18ClF4N5O2/c1-12-4-2-3-5-13(12)10-31-9-8-16(29-31)28-22(33)15-7-6-14(34-15)11-32-19(21(26)27)17(23)18(30-32)20(24)25/h2-9,20-21H,10-11H2,1H3,(H,28,29,33). The van der Waals surface area contributed by atoms with E-state index in [-0.39, 0.29) is 17.3 Å². The molecule has 1 N–H and O–H groups in total. The van der Waals surface area contributed by atoms with E-state index in [2.05, 4.69) is 15.5 Å². The van der Waals surface area contributed by atoms with E-state index in [1.807, 2.05) is 31.2 Å². The average molecular weight is 496 g/mol. The summed E-state index contributed by atoms with van der Waals surface area (Å²) in [4.78, 5) is 12.5. The summed E-state index contributed by atoms with van der Waals surface area (Å²) in [5.74, 6) is -0.392. The van der Waals surface area contributed by atoms with Gasteiger partial charge in [-0.25, -0.2) is 17.6 Å². The first kappa shape index (κ1) is 23.6. The smallest absolute Gasteiger partial charge is 0.292 e. The van der Waals surface area contributed by atoms with Crippen LogP contribution in [0.1, 0.15) is 51.7 Å². The van der Waals surface area contributed by atoms with Gasteiger partial charge in [-0.2, -0.15) is 10.2 Å². The Hall–Kier alpha value is -3.60. The lowest BCUT2D eigenvalue weighted by molar-refractivity contribution is 0.0993. The maximum atomic E-state index is 13.3. The lowest BCUT2D eigenvalue weighted by atomic mass is 10.1. The Morgan fingerprint density at radius 2 is 1.82 bits per heavy atom. The summed E-state index contributed by atoms with van der Waals surface area (Å²) in [5, 5.41) is 9.57. The van der Waals surface area contributed by atoms with Crippen molar-refractivity contribution in [3.63, 3.8) is 0 Å². The van der Waals surface area contributed by atoms with Gasteiger partial charge in [0.15, 0.2) is 11.6 Å². The van der Waals surface area contributed by atoms with Gasteiger partial charge in [-0.1, -0.05) is 35.9 Å². The lowest BCUT2D eigenvalue weighted by Crippen LogP contribution is -2.12. The Balaban J connectivity index is 1.44. The van der Waals surface area contributed by atoms with E-state index < -0.39 is 41.7 Å². The number of furan rings is 1. The molecule has 12 heteroatoms. The first-order valence-electron chi connectivity index (χ1n) is 10.0. The van der Waals surface area contributed by atoms with Crippen molar-refractivity contribution in [3.8, 4) is 0 Å². The number of nitrogens with one attached hydrogen (secondary N) is 1. The zero-order valence-corrected chi connectivity index (χ0v) is 18.4. The molecule has 1 amide bonds. The van der Waals surface area contributed by atoms with E-state index >= 15 is 0 Å². The molecule has 0 bridgehead atoms. The second-order valence-corrected chi connectivity index (χ2v) is 7.77. The zero-order valence-electron chi connectivity index (χ0n) is 17.7. The van der Waals surface area contributed by atoms with E-state index in [1.165, 1.54) is 12.1 Å². The lowest BCUT2D eigenvalue weighted by Gasteiger charge is -2.06. The molecule has 0 atom stereocenters. The number of carbonyl (C=O) groups is 1. The van der Waals surface area contributed by atoms with E-state index in [0.717, 1.165) is 11.1 Å². The van der Waals surface area contributed by atoms with Crippen molar-refractivity contribution in [1.29, 1.82) is 0 Å². The molecule has 0 radical (unpaired) electrons. The minimum Gasteiger partial charge on any atom is -0.454 e. The highest BCUT2D eigenvalue weighted by Crippen LogP contribution is 2.35. The summed E-state index contributed by atoms with van der Waals surface area (Å²) in [5.41, 5.74) is 0.401. The van der Waals surface area contributed by atoms with Crippen LogP contribution in [0.15, 0.2) is 53.1 Å². The van der Waals surface area contributed by atoms with Crippen LogP contribution in [0.2, 0.25) is 5.02 Å². The molecule has 0 fully saturated rings. The van der Waals surface area contributed by atoms with Crippen LogP contribution in [0.5, 0.6) is 0 Å². The van der Waals surface area contributed by atoms with Crippen LogP contribution in [0.4, 0.5) is 23.4 Å². The van der Waals surface area contributed by atoms with Crippen LogP contribution < -0.4 is 5.32 Å². The molecule has 178 valence electrons. The number of anilines is 1. The Morgan fingerprint density at radius 1 is 1.06 bits per heavy atom. The summed E-state index contributed by atoms with van der Waals surface area (Å²) in [6, 6.07) is 12.2. The van der Waals surface area contributed by atoms with Gasteiger partial charge in [0.1, 0.15) is 17.1 Å². The van der Waals surface area contributed by atoms with Crippen LogP contribution in [-0.2, 0) is 13.1 Å². The van der Waals surface area contributed by atoms with Crippen LogP contribution in [0.25, 0.3) is 0 Å². The van der Waals surface area contributed by atoms with Gasteiger partial charge in [-0.3, -0.25) is 14.2 Å². The average Bonchev–Trinajstić information content (AvgIpc) is 3.49. The highest BCUT2D eigenvalue weighted by molar-refractivity contribution is 6.32. The van der Waals surface area contributed by atoms with Gasteiger partial charge in [-0.15, -0.1) is 0 Å². The number of carbonyl (C=O) groups excluding carboxylic acids is 1. The number of halogens is 5. The van der Waals surface area contributed by atoms with E-state index in [0.29, 0.717) is 11.2 Å². The van der Waals surface area contributed by atoms with Crippen molar-refractivity contribution in [2.45, 2.75) is 32.9 Å². The molecule has 0 saturated heterocycles. The van der Waals surface area contributed by atoms with Crippen molar-refractivity contribution >= 4 is 23.3 Å². The normalized spacial score (nSPS) is 11.5. The number of hydrogen-bond donors (Lipinski definition) is 1. The Bertz CT molecular complexity index is 1310. The van der Waals surface area contributed by atoms with E-state index in [1.54, 1.807) is 16.9 Å². The van der Waals surface area contributed by atoms with E-state index in [4.69, 9.17) is 16.0 Å². The fourth-order valence-corrected chi connectivity index (χ4v) is 3.63. The molecule has 0 unspecified atom stereocenters. The maximum absolute atomic E-state index is 13.3. The van der Waals surface area contributed by atoms with Crippen LogP contribution in [0, 0.1) is 6.92 Å². The predicted molar refractivity (Wildman–Crippen MR) is 115 cm³/mol. The van der Waals surface area contributed by atoms with Gasteiger partial charge in [0.25, 0.3) is 18.8 Å². The monoisotopic (exact) mass is 495 g/mol. The Morgan fingerprint density at radius 3 is 2.53 bits per heavy atom. The van der Waals surface area contributed by atoms with Gasteiger partial charge in [0.05, 0.1) is 18.1 Å². The van der Waals surface area contributed by atoms with Gasteiger partial charge < -0.3 is 9.73 Å². The van der Waals surface area contributed by atoms with E-state index in [9.17, 15) is 22.4 Å². The third-order valence-electron chi connectivity index (χ3n) is 5.04. The fourth-order valence-electron chi connectivity index (χ4n) is 3.33. The summed E-state index contributed by atoms with van der Waals surface area (Å²) >= 11 is 5.65. The summed E-state index contributed by atoms with van der Waals surface area (Å²) in [6.07, 6.45) is -4.53. The zero-order chi connectivity index (χ0) is 24.4. The van der Waals surface area contributed by atoms with Gasteiger partial charge in [0, 0.05) is 12.3 Å². The van der Waals surface area contributed by atoms with Crippen molar-refractivity contribution < 1.29 is 26.8 Å². The Kier molecular flexibility index (Phi) is 6.73. The molecule has 7 nitrogen and oxygen atoms in total. The first-order chi connectivity index (χ1) is 16.2. The number of nitrogens with zero attached hydrogens (tertiary/aromatic N) is 4. The highest BCUT2D eigenvalue weighted by atomic mass is 35.5. The summed E-state index contributed by atoms with van der Waals surface area (Å²) in [7, 11) is 0. The molecular weight excluding hydrogens is 478 g/mol. The van der Waals surface area contributed by atoms with Gasteiger partial charge >= 0.3 is 0 Å². The molecule has 0 aliphatic heterocycles. The summed E-state index contributed by atoms with van der Waals surface area (Å²) < 4.78 is 60.3. The van der Waals surface area contributed by atoms with Gasteiger partial charge in [0.2, 0.25) is 0 Å². The van der Waals surface area contributed by atoms with Crippen molar-refractivity contribution in [3.05, 3.63) is 87.7 Å². The molecule has 1 aromatic carbocycles. The number of benzene rings is 1. The summed E-state index contributed by atoms with van der Waals surface area (Å²) in [6.45, 7) is 2.10. The maximum Gasteiger partial charge on any atom is 0.292 e. The second-order valence-electron chi connectivity index (χ2n) is 7.39. The quantitative estimate of drug-likeness (QED) is 0.311. The molecule has 0 saturated carbocycles. The molecule has 3 heterocycles. The second kappa shape index (κ2) is 9.72. The van der Waals surface area contributed by atoms with Crippen LogP contribution in [0.3, 0.4) is 0 Å². The van der Waals surface area contributed by atoms with Crippen molar-refractivity contribution in [1.82, 2.24) is 19.6 Å². The predicted octanol–water partition coefficient (Wildman–Crippen LogP) is 5.86. The number of aryl methyl sites for hydroxylation is 1. The van der Waals surface area contributed by atoms with Crippen molar-refractivity contribution in [2.75, 3.05) is 5.32 Å². The SMILES string of the molecule is Cc1ccccc1Cn1ccc(NC(=O)c2ccc(Cn3nc(C(F)F)c(Cl)c3C(F)F)o2)n1. The topological polar surface area (TPSA) is 77.9 Å². The van der Waals surface area contributed by atoms with Crippen molar-refractivity contribution in [2.24, 2.45) is 0 Å². The fraction of sp³-hybridized carbons (Fsp3) is 0.227. The molecule has 0 aliphatic carbocycles. The molecule has 0 aliphatic rings. The number of alkyl halides is 4. The van der Waals surface area contributed by atoms with Gasteiger partial charge in [-0.05, 0) is 30.2 Å². The number of aromatic nitrogens is 4. The first-order valence-corrected chi connectivity index (χ1v) is 10.4. The molecule has 34 heavy (non-hydrogen) atoms. The number of hydrogen-bond acceptors (Lipinski definition) is 4. The van der Waals surface area contributed by atoms with Crippen LogP contribution >= 0.6 is 11.6 Å². The molecule has 4 aromatic rings. The molecule has 3 aromatic heterocycles.